The number of amides is 1. The van der Waals surface area contributed by atoms with Crippen LogP contribution in [0.3, 0.4) is 0 Å². The normalized spacial score (nSPS) is 17.3. The van der Waals surface area contributed by atoms with Crippen molar-refractivity contribution in [1.29, 1.82) is 0 Å². The topological polar surface area (TPSA) is 102 Å². The van der Waals surface area contributed by atoms with Gasteiger partial charge >= 0.3 is 5.91 Å². The summed E-state index contributed by atoms with van der Waals surface area (Å²) in [5.41, 5.74) is 1.77. The number of anilines is 1. The first-order valence-corrected chi connectivity index (χ1v) is 11.0. The van der Waals surface area contributed by atoms with Gasteiger partial charge in [0.1, 0.15) is 23.0 Å². The lowest BCUT2D eigenvalue weighted by molar-refractivity contribution is -0.132. The molecular formula is C26H26N2O6. The van der Waals surface area contributed by atoms with Crippen LogP contribution in [0.2, 0.25) is 0 Å². The highest BCUT2D eigenvalue weighted by molar-refractivity contribution is 6.51. The maximum atomic E-state index is 13.2. The zero-order valence-corrected chi connectivity index (χ0v) is 19.5. The number of rotatable bonds is 7. The number of carbonyl (C=O) groups excluding carboxylic acids is 2. The van der Waals surface area contributed by atoms with E-state index in [2.05, 4.69) is 5.16 Å². The molecule has 1 aliphatic rings. The Morgan fingerprint density at radius 2 is 1.85 bits per heavy atom. The third-order valence-electron chi connectivity index (χ3n) is 5.64. The summed E-state index contributed by atoms with van der Waals surface area (Å²) in [4.78, 5) is 27.6. The fourth-order valence-electron chi connectivity index (χ4n) is 4.00. The van der Waals surface area contributed by atoms with Crippen LogP contribution in [-0.2, 0) is 9.59 Å². The monoisotopic (exact) mass is 462 g/mol. The van der Waals surface area contributed by atoms with E-state index in [1.165, 1.54) is 4.90 Å². The molecule has 1 fully saturated rings. The number of hydrogen-bond donors (Lipinski definition) is 1. The van der Waals surface area contributed by atoms with Crippen LogP contribution in [-0.4, -0.2) is 35.7 Å². The van der Waals surface area contributed by atoms with Crippen molar-refractivity contribution in [1.82, 2.24) is 5.16 Å². The van der Waals surface area contributed by atoms with Gasteiger partial charge in [0, 0.05) is 11.6 Å². The van der Waals surface area contributed by atoms with E-state index in [0.29, 0.717) is 35.0 Å². The van der Waals surface area contributed by atoms with Gasteiger partial charge in [-0.1, -0.05) is 24.2 Å². The molecule has 0 aliphatic carbocycles. The van der Waals surface area contributed by atoms with Gasteiger partial charge in [0.2, 0.25) is 0 Å². The van der Waals surface area contributed by atoms with Crippen molar-refractivity contribution >= 4 is 23.3 Å². The average molecular weight is 463 g/mol. The smallest absolute Gasteiger partial charge is 0.301 e. The number of benzene rings is 2. The summed E-state index contributed by atoms with van der Waals surface area (Å²) in [5, 5.41) is 15.2. The van der Waals surface area contributed by atoms with Gasteiger partial charge in [0.25, 0.3) is 5.78 Å². The lowest BCUT2D eigenvalue weighted by atomic mass is 9.94. The van der Waals surface area contributed by atoms with E-state index in [0.717, 1.165) is 12.0 Å². The Morgan fingerprint density at radius 3 is 2.44 bits per heavy atom. The molecule has 0 radical (unpaired) electrons. The van der Waals surface area contributed by atoms with Crippen LogP contribution in [0.4, 0.5) is 5.82 Å². The van der Waals surface area contributed by atoms with Crippen LogP contribution in [0.5, 0.6) is 11.5 Å². The summed E-state index contributed by atoms with van der Waals surface area (Å²) < 4.78 is 16.1. The van der Waals surface area contributed by atoms with Crippen molar-refractivity contribution in [3.63, 3.8) is 0 Å². The Kier molecular flexibility index (Phi) is 6.40. The SMILES string of the molecule is CCCOc1ccc(C2C(=C(O)c3ccc(OC)c(C)c3)C(=O)C(=O)N2c2cc(C)on2)cc1. The molecule has 8 heteroatoms. The Morgan fingerprint density at radius 1 is 1.12 bits per heavy atom. The average Bonchev–Trinajstić information content (AvgIpc) is 3.38. The van der Waals surface area contributed by atoms with Gasteiger partial charge in [0.15, 0.2) is 5.82 Å². The highest BCUT2D eigenvalue weighted by Gasteiger charge is 2.48. The Hall–Kier alpha value is -4.07. The number of aromatic nitrogens is 1. The molecular weight excluding hydrogens is 436 g/mol. The molecule has 4 rings (SSSR count). The number of hydrogen-bond acceptors (Lipinski definition) is 7. The molecule has 34 heavy (non-hydrogen) atoms. The molecule has 1 amide bonds. The summed E-state index contributed by atoms with van der Waals surface area (Å²) in [5.74, 6) is 0.132. The van der Waals surface area contributed by atoms with Gasteiger partial charge in [-0.3, -0.25) is 14.5 Å². The second kappa shape index (κ2) is 9.43. The third kappa shape index (κ3) is 4.14. The predicted octanol–water partition coefficient (Wildman–Crippen LogP) is 4.72. The number of aliphatic hydroxyl groups excluding tert-OH is 1. The van der Waals surface area contributed by atoms with E-state index in [-0.39, 0.29) is 17.2 Å². The standard InChI is InChI=1S/C26H26N2O6/c1-5-12-33-19-9-6-17(7-10-19)23-22(24(29)18-8-11-20(32-4)15(2)13-18)25(30)26(31)28(23)21-14-16(3)34-27-21/h6-11,13-14,23,29H,5,12H2,1-4H3. The highest BCUT2D eigenvalue weighted by Crippen LogP contribution is 2.42. The lowest BCUT2D eigenvalue weighted by Crippen LogP contribution is -2.29. The molecule has 0 saturated carbocycles. The number of aryl methyl sites for hydroxylation is 2. The minimum Gasteiger partial charge on any atom is -0.507 e. The second-order valence-electron chi connectivity index (χ2n) is 8.07. The summed E-state index contributed by atoms with van der Waals surface area (Å²) in [6.45, 7) is 6.12. The van der Waals surface area contributed by atoms with Crippen LogP contribution in [0.1, 0.15) is 41.8 Å². The lowest BCUT2D eigenvalue weighted by Gasteiger charge is -2.23. The molecule has 3 aromatic rings. The zero-order valence-electron chi connectivity index (χ0n) is 19.5. The number of nitrogens with zero attached hydrogens (tertiary/aromatic N) is 2. The molecule has 2 heterocycles. The molecule has 1 aliphatic heterocycles. The fourth-order valence-corrected chi connectivity index (χ4v) is 4.00. The summed E-state index contributed by atoms with van der Waals surface area (Å²) in [7, 11) is 1.56. The van der Waals surface area contributed by atoms with E-state index in [9.17, 15) is 14.7 Å². The molecule has 1 unspecified atom stereocenters. The summed E-state index contributed by atoms with van der Waals surface area (Å²) >= 11 is 0. The van der Waals surface area contributed by atoms with Crippen LogP contribution in [0.15, 0.2) is 58.6 Å². The number of methoxy groups -OCH3 is 1. The van der Waals surface area contributed by atoms with Gasteiger partial charge in [-0.05, 0) is 61.7 Å². The minimum absolute atomic E-state index is 0.0301. The first kappa shape index (κ1) is 23.1. The number of carbonyl (C=O) groups is 2. The van der Waals surface area contributed by atoms with E-state index >= 15 is 0 Å². The number of ketones is 1. The van der Waals surface area contributed by atoms with Crippen molar-refractivity contribution in [3.05, 3.63) is 76.6 Å². The molecule has 1 saturated heterocycles. The van der Waals surface area contributed by atoms with Crippen molar-refractivity contribution in [2.45, 2.75) is 33.2 Å². The molecule has 8 nitrogen and oxygen atoms in total. The fraction of sp³-hybridized carbons (Fsp3) is 0.269. The zero-order chi connectivity index (χ0) is 24.4. The maximum Gasteiger partial charge on any atom is 0.301 e. The molecule has 0 spiro atoms. The maximum absolute atomic E-state index is 13.2. The highest BCUT2D eigenvalue weighted by atomic mass is 16.5. The number of ether oxygens (including phenoxy) is 2. The first-order valence-electron chi connectivity index (χ1n) is 11.0. The molecule has 1 N–H and O–H groups in total. The van der Waals surface area contributed by atoms with Gasteiger partial charge in [-0.25, -0.2) is 0 Å². The summed E-state index contributed by atoms with van der Waals surface area (Å²) in [6, 6.07) is 12.8. The molecule has 0 bridgehead atoms. The summed E-state index contributed by atoms with van der Waals surface area (Å²) in [6.07, 6.45) is 0.870. The van der Waals surface area contributed by atoms with Gasteiger partial charge in [0.05, 0.1) is 25.3 Å². The number of aliphatic hydroxyl groups is 1. The van der Waals surface area contributed by atoms with Gasteiger partial charge in [-0.2, -0.15) is 0 Å². The van der Waals surface area contributed by atoms with Crippen molar-refractivity contribution in [2.75, 3.05) is 18.6 Å². The van der Waals surface area contributed by atoms with E-state index in [4.69, 9.17) is 14.0 Å². The van der Waals surface area contributed by atoms with Crippen molar-refractivity contribution in [2.24, 2.45) is 0 Å². The molecule has 176 valence electrons. The van der Waals surface area contributed by atoms with Gasteiger partial charge < -0.3 is 19.1 Å². The molecule has 2 aromatic carbocycles. The van der Waals surface area contributed by atoms with E-state index in [1.807, 2.05) is 13.8 Å². The Balaban J connectivity index is 1.86. The minimum atomic E-state index is -0.896. The Bertz CT molecular complexity index is 1260. The van der Waals surface area contributed by atoms with Gasteiger partial charge in [-0.15, -0.1) is 0 Å². The second-order valence-corrected chi connectivity index (χ2v) is 8.07. The Labute approximate surface area is 197 Å². The van der Waals surface area contributed by atoms with Crippen LogP contribution < -0.4 is 14.4 Å². The third-order valence-corrected chi connectivity index (χ3v) is 5.64. The van der Waals surface area contributed by atoms with Crippen LogP contribution in [0, 0.1) is 13.8 Å². The van der Waals surface area contributed by atoms with E-state index in [1.54, 1.807) is 62.6 Å². The quantitative estimate of drug-likeness (QED) is 0.308. The number of Topliss-reactive ketones (excluding diaryl/α,β-unsaturated/α-hetero) is 1. The molecule has 1 aromatic heterocycles. The van der Waals surface area contributed by atoms with Crippen LogP contribution >= 0.6 is 0 Å². The first-order chi connectivity index (χ1) is 16.3. The largest absolute Gasteiger partial charge is 0.507 e. The predicted molar refractivity (Wildman–Crippen MR) is 126 cm³/mol. The van der Waals surface area contributed by atoms with Crippen molar-refractivity contribution < 1.29 is 28.7 Å². The van der Waals surface area contributed by atoms with Crippen molar-refractivity contribution in [3.8, 4) is 11.5 Å². The van der Waals surface area contributed by atoms with Crippen LogP contribution in [0.25, 0.3) is 5.76 Å². The molecule has 1 atom stereocenters. The van der Waals surface area contributed by atoms with E-state index < -0.39 is 17.7 Å².